The Morgan fingerprint density at radius 2 is 2.04 bits per heavy atom. The van der Waals surface area contributed by atoms with Crippen molar-refractivity contribution in [1.29, 1.82) is 0 Å². The number of para-hydroxylation sites is 1. The second kappa shape index (κ2) is 7.31. The van der Waals surface area contributed by atoms with Crippen LogP contribution in [0, 0.1) is 5.92 Å². The van der Waals surface area contributed by atoms with Crippen LogP contribution in [-0.2, 0) is 24.4 Å². The predicted octanol–water partition coefficient (Wildman–Crippen LogP) is 2.80. The zero-order chi connectivity index (χ0) is 18.9. The van der Waals surface area contributed by atoms with Crippen molar-refractivity contribution >= 4 is 16.8 Å². The van der Waals surface area contributed by atoms with Gasteiger partial charge in [0.2, 0.25) is 0 Å². The molecule has 0 radical (unpaired) electrons. The summed E-state index contributed by atoms with van der Waals surface area (Å²) in [5, 5.41) is 9.60. The minimum Gasteiger partial charge on any atom is -0.375 e. The number of carbonyl (C=O) groups excluding carboxylic acids is 1. The van der Waals surface area contributed by atoms with Gasteiger partial charge in [-0.05, 0) is 37.3 Å². The van der Waals surface area contributed by atoms with Gasteiger partial charge in [0.1, 0.15) is 11.4 Å². The summed E-state index contributed by atoms with van der Waals surface area (Å²) in [6, 6.07) is 11.6. The third kappa shape index (κ3) is 3.49. The summed E-state index contributed by atoms with van der Waals surface area (Å²) >= 11 is 0. The lowest BCUT2D eigenvalue weighted by Crippen LogP contribution is -2.31. The molecule has 144 valence electrons. The quantitative estimate of drug-likeness (QED) is 0.684. The molecule has 0 N–H and O–H groups in total. The number of rotatable bonds is 5. The molecule has 1 aliphatic heterocycles. The fraction of sp³-hybridized carbons (Fsp3) is 0.429. The number of pyridine rings is 1. The van der Waals surface area contributed by atoms with E-state index >= 15 is 0 Å². The maximum absolute atomic E-state index is 13.1. The number of nitrogens with zero attached hydrogens (tertiary/aromatic N) is 5. The molecule has 0 bridgehead atoms. The van der Waals surface area contributed by atoms with Crippen molar-refractivity contribution in [3.63, 3.8) is 0 Å². The first-order valence-corrected chi connectivity index (χ1v) is 9.92. The van der Waals surface area contributed by atoms with E-state index in [-0.39, 0.29) is 5.91 Å². The van der Waals surface area contributed by atoms with Crippen molar-refractivity contribution in [2.24, 2.45) is 5.92 Å². The van der Waals surface area contributed by atoms with Gasteiger partial charge in [0, 0.05) is 25.1 Å². The topological polar surface area (TPSA) is 73.1 Å². The Balaban J connectivity index is 1.35. The number of aryl methyl sites for hydroxylation is 1. The Morgan fingerprint density at radius 1 is 1.14 bits per heavy atom. The molecule has 1 saturated carbocycles. The van der Waals surface area contributed by atoms with E-state index in [9.17, 15) is 4.79 Å². The molecular weight excluding hydrogens is 354 g/mol. The van der Waals surface area contributed by atoms with Gasteiger partial charge in [0.25, 0.3) is 5.91 Å². The number of amides is 1. The molecule has 0 saturated heterocycles. The van der Waals surface area contributed by atoms with Crippen molar-refractivity contribution in [2.45, 2.75) is 39.0 Å². The molecule has 7 heteroatoms. The van der Waals surface area contributed by atoms with E-state index in [1.165, 1.54) is 12.8 Å². The molecule has 1 aliphatic carbocycles. The van der Waals surface area contributed by atoms with E-state index in [2.05, 4.69) is 15.3 Å². The highest BCUT2D eigenvalue weighted by molar-refractivity contribution is 5.94. The van der Waals surface area contributed by atoms with Gasteiger partial charge in [-0.25, -0.2) is 9.67 Å². The fourth-order valence-electron chi connectivity index (χ4n) is 3.63. The summed E-state index contributed by atoms with van der Waals surface area (Å²) < 4.78 is 7.72. The first kappa shape index (κ1) is 17.3. The van der Waals surface area contributed by atoms with Crippen molar-refractivity contribution < 1.29 is 9.53 Å². The largest absolute Gasteiger partial charge is 0.375 e. The second-order valence-electron chi connectivity index (χ2n) is 7.63. The Kier molecular flexibility index (Phi) is 4.52. The molecule has 3 heterocycles. The Bertz CT molecular complexity index is 1010. The van der Waals surface area contributed by atoms with Gasteiger partial charge < -0.3 is 9.64 Å². The fourth-order valence-corrected chi connectivity index (χ4v) is 3.63. The summed E-state index contributed by atoms with van der Waals surface area (Å²) in [5.74, 6) is 0.663. The number of fused-ring (bicyclic) bond motifs is 2. The van der Waals surface area contributed by atoms with Gasteiger partial charge in [0.15, 0.2) is 0 Å². The predicted molar refractivity (Wildman–Crippen MR) is 104 cm³/mol. The van der Waals surface area contributed by atoms with Crippen LogP contribution in [0.3, 0.4) is 0 Å². The van der Waals surface area contributed by atoms with Crippen LogP contribution < -0.4 is 0 Å². The van der Waals surface area contributed by atoms with Crippen LogP contribution in [0.25, 0.3) is 10.9 Å². The van der Waals surface area contributed by atoms with Crippen LogP contribution in [0.4, 0.5) is 0 Å². The van der Waals surface area contributed by atoms with Crippen molar-refractivity contribution in [1.82, 2.24) is 24.9 Å². The van der Waals surface area contributed by atoms with E-state index in [4.69, 9.17) is 4.74 Å². The molecule has 0 unspecified atom stereocenters. The summed E-state index contributed by atoms with van der Waals surface area (Å²) in [4.78, 5) is 19.6. The molecular formula is C21H23N5O2. The normalized spacial score (nSPS) is 16.8. The van der Waals surface area contributed by atoms with Crippen LogP contribution in [0.2, 0.25) is 0 Å². The van der Waals surface area contributed by atoms with Crippen molar-refractivity contribution in [2.75, 3.05) is 13.2 Å². The van der Waals surface area contributed by atoms with E-state index in [1.807, 2.05) is 46.0 Å². The summed E-state index contributed by atoms with van der Waals surface area (Å²) in [7, 11) is 0. The summed E-state index contributed by atoms with van der Waals surface area (Å²) in [5.41, 5.74) is 3.13. The van der Waals surface area contributed by atoms with Crippen LogP contribution in [0.15, 0.2) is 36.4 Å². The van der Waals surface area contributed by atoms with E-state index in [0.717, 1.165) is 41.9 Å². The number of aromatic nitrogens is 4. The van der Waals surface area contributed by atoms with Crippen molar-refractivity contribution in [3.05, 3.63) is 53.5 Å². The molecule has 1 aromatic carbocycles. The molecule has 1 amide bonds. The highest BCUT2D eigenvalue weighted by atomic mass is 16.5. The molecule has 0 spiro atoms. The molecule has 2 aromatic heterocycles. The van der Waals surface area contributed by atoms with Crippen LogP contribution in [-0.4, -0.2) is 43.9 Å². The van der Waals surface area contributed by atoms with Gasteiger partial charge in [0.05, 0.1) is 24.4 Å². The van der Waals surface area contributed by atoms with Crippen LogP contribution in [0.5, 0.6) is 0 Å². The summed E-state index contributed by atoms with van der Waals surface area (Å²) in [6.45, 7) is 3.18. The minimum atomic E-state index is -0.0507. The van der Waals surface area contributed by atoms with E-state index in [1.54, 1.807) is 0 Å². The van der Waals surface area contributed by atoms with Gasteiger partial charge in [-0.1, -0.05) is 29.5 Å². The molecule has 1 fully saturated rings. The lowest BCUT2D eigenvalue weighted by atomic mass is 10.2. The Labute approximate surface area is 163 Å². The van der Waals surface area contributed by atoms with Crippen molar-refractivity contribution in [3.8, 4) is 0 Å². The standard InChI is InChI=1S/C21H23N5O2/c27-21(18-9-8-16-4-1-2-5-17(16)22-18)25-10-3-11-26-20(12-25)19(23-24-26)14-28-13-15-6-7-15/h1-2,4-5,8-9,15H,3,6-7,10-14H2. The van der Waals surface area contributed by atoms with Gasteiger partial charge in [-0.2, -0.15) is 0 Å². The summed E-state index contributed by atoms with van der Waals surface area (Å²) in [6.07, 6.45) is 3.37. The first-order valence-electron chi connectivity index (χ1n) is 9.92. The van der Waals surface area contributed by atoms with E-state index in [0.29, 0.717) is 31.3 Å². The number of benzene rings is 1. The first-order chi connectivity index (χ1) is 13.8. The molecule has 5 rings (SSSR count). The maximum Gasteiger partial charge on any atom is 0.272 e. The lowest BCUT2D eigenvalue weighted by Gasteiger charge is -2.20. The second-order valence-corrected chi connectivity index (χ2v) is 7.63. The average molecular weight is 377 g/mol. The van der Waals surface area contributed by atoms with Gasteiger partial charge in [-0.3, -0.25) is 4.79 Å². The van der Waals surface area contributed by atoms with Gasteiger partial charge in [-0.15, -0.1) is 5.10 Å². The minimum absolute atomic E-state index is 0.0507. The van der Waals surface area contributed by atoms with Crippen LogP contribution in [0.1, 0.15) is 41.1 Å². The highest BCUT2D eigenvalue weighted by Gasteiger charge is 2.26. The van der Waals surface area contributed by atoms with Gasteiger partial charge >= 0.3 is 0 Å². The number of hydrogen-bond donors (Lipinski definition) is 0. The molecule has 0 atom stereocenters. The Morgan fingerprint density at radius 3 is 2.93 bits per heavy atom. The third-order valence-electron chi connectivity index (χ3n) is 5.45. The zero-order valence-corrected chi connectivity index (χ0v) is 15.8. The lowest BCUT2D eigenvalue weighted by molar-refractivity contribution is 0.0736. The number of hydrogen-bond acceptors (Lipinski definition) is 5. The third-order valence-corrected chi connectivity index (χ3v) is 5.45. The smallest absolute Gasteiger partial charge is 0.272 e. The molecule has 7 nitrogen and oxygen atoms in total. The van der Waals surface area contributed by atoms with Crippen LogP contribution >= 0.6 is 0 Å². The molecule has 2 aliphatic rings. The number of ether oxygens (including phenoxy) is 1. The highest BCUT2D eigenvalue weighted by Crippen LogP contribution is 2.29. The SMILES string of the molecule is O=C(c1ccc2ccccc2n1)N1CCCn2nnc(COCC3CC3)c2C1. The molecule has 3 aromatic rings. The molecule has 28 heavy (non-hydrogen) atoms. The number of carbonyl (C=O) groups is 1. The Hall–Kier alpha value is -2.80. The zero-order valence-electron chi connectivity index (χ0n) is 15.8. The average Bonchev–Trinajstić information content (AvgIpc) is 3.51. The monoisotopic (exact) mass is 377 g/mol. The van der Waals surface area contributed by atoms with E-state index < -0.39 is 0 Å². The maximum atomic E-state index is 13.1.